The molecule has 0 fully saturated rings. The summed E-state index contributed by atoms with van der Waals surface area (Å²) < 4.78 is 29.2. The van der Waals surface area contributed by atoms with Crippen LogP contribution in [0.1, 0.15) is 22.5 Å². The van der Waals surface area contributed by atoms with Crippen molar-refractivity contribution in [2.24, 2.45) is 0 Å². The topological polar surface area (TPSA) is 17.8 Å². The molecule has 3 aromatic rings. The molecule has 118 valence electrons. The van der Waals surface area contributed by atoms with Crippen molar-refractivity contribution in [3.63, 3.8) is 0 Å². The first kappa shape index (κ1) is 15.4. The molecule has 0 radical (unpaired) electrons. The van der Waals surface area contributed by atoms with Gasteiger partial charge in [-0.1, -0.05) is 18.2 Å². The van der Waals surface area contributed by atoms with Crippen LogP contribution in [0.2, 0.25) is 0 Å². The molecule has 0 aliphatic carbocycles. The normalized spacial score (nSPS) is 11.0. The van der Waals surface area contributed by atoms with Crippen LogP contribution in [0.3, 0.4) is 0 Å². The van der Waals surface area contributed by atoms with Crippen molar-refractivity contribution < 1.29 is 8.78 Å². The second kappa shape index (κ2) is 6.32. The van der Waals surface area contributed by atoms with Crippen molar-refractivity contribution >= 4 is 0 Å². The molecular formula is C19H18F2N2. The zero-order chi connectivity index (χ0) is 16.4. The van der Waals surface area contributed by atoms with Crippen LogP contribution in [-0.4, -0.2) is 9.78 Å². The van der Waals surface area contributed by atoms with Crippen LogP contribution in [0.4, 0.5) is 8.78 Å². The molecule has 0 spiro atoms. The van der Waals surface area contributed by atoms with E-state index in [-0.39, 0.29) is 5.56 Å². The fourth-order valence-electron chi connectivity index (χ4n) is 2.73. The van der Waals surface area contributed by atoms with E-state index in [0.29, 0.717) is 12.8 Å². The predicted molar refractivity (Wildman–Crippen MR) is 86.8 cm³/mol. The van der Waals surface area contributed by atoms with Gasteiger partial charge in [0.05, 0.1) is 11.4 Å². The van der Waals surface area contributed by atoms with Crippen LogP contribution in [0.5, 0.6) is 0 Å². The molecule has 1 aromatic heterocycles. The Morgan fingerprint density at radius 2 is 1.57 bits per heavy atom. The van der Waals surface area contributed by atoms with E-state index < -0.39 is 11.6 Å². The number of aromatic nitrogens is 2. The molecule has 0 bridgehead atoms. The summed E-state index contributed by atoms with van der Waals surface area (Å²) in [5, 5.41) is 4.44. The molecule has 0 aliphatic rings. The van der Waals surface area contributed by atoms with Crippen molar-refractivity contribution in [1.82, 2.24) is 9.78 Å². The van der Waals surface area contributed by atoms with E-state index in [4.69, 9.17) is 0 Å². The van der Waals surface area contributed by atoms with Crippen molar-refractivity contribution in [1.29, 1.82) is 0 Å². The van der Waals surface area contributed by atoms with Crippen LogP contribution in [0, 0.1) is 25.5 Å². The SMILES string of the molecule is Cc1cc(C)n(-c2ccc(CCc3c(F)cccc3F)cc2)n1. The van der Waals surface area contributed by atoms with Crippen molar-refractivity contribution in [2.75, 3.05) is 0 Å². The Labute approximate surface area is 134 Å². The molecule has 1 heterocycles. The minimum absolute atomic E-state index is 0.148. The molecule has 0 amide bonds. The van der Waals surface area contributed by atoms with Crippen LogP contribution < -0.4 is 0 Å². The summed E-state index contributed by atoms with van der Waals surface area (Å²) >= 11 is 0. The smallest absolute Gasteiger partial charge is 0.129 e. The van der Waals surface area contributed by atoms with E-state index in [1.165, 1.54) is 18.2 Å². The maximum Gasteiger partial charge on any atom is 0.129 e. The average Bonchev–Trinajstić information content (AvgIpc) is 2.86. The Morgan fingerprint density at radius 3 is 2.13 bits per heavy atom. The van der Waals surface area contributed by atoms with Gasteiger partial charge in [0.2, 0.25) is 0 Å². The number of hydrogen-bond donors (Lipinski definition) is 0. The second-order valence-electron chi connectivity index (χ2n) is 5.71. The molecule has 0 saturated heterocycles. The van der Waals surface area contributed by atoms with Gasteiger partial charge >= 0.3 is 0 Å². The summed E-state index contributed by atoms with van der Waals surface area (Å²) in [6.45, 7) is 3.97. The zero-order valence-corrected chi connectivity index (χ0v) is 13.2. The third kappa shape index (κ3) is 3.31. The third-order valence-corrected chi connectivity index (χ3v) is 3.92. The Kier molecular flexibility index (Phi) is 4.24. The lowest BCUT2D eigenvalue weighted by Crippen LogP contribution is -2.01. The standard InChI is InChI=1S/C19H18F2N2/c1-13-12-14(2)23(22-13)16-9-6-15(7-10-16)8-11-17-18(20)4-3-5-19(17)21/h3-7,9-10,12H,8,11H2,1-2H3. The van der Waals surface area contributed by atoms with E-state index in [0.717, 1.165) is 22.6 Å². The van der Waals surface area contributed by atoms with E-state index >= 15 is 0 Å². The summed E-state index contributed by atoms with van der Waals surface area (Å²) in [5.74, 6) is -0.964. The summed E-state index contributed by atoms with van der Waals surface area (Å²) in [7, 11) is 0. The number of benzene rings is 2. The number of hydrogen-bond acceptors (Lipinski definition) is 1. The van der Waals surface area contributed by atoms with Gasteiger partial charge in [0.15, 0.2) is 0 Å². The Bertz CT molecular complexity index is 800. The van der Waals surface area contributed by atoms with Crippen LogP contribution in [0.15, 0.2) is 48.5 Å². The molecule has 2 nitrogen and oxygen atoms in total. The van der Waals surface area contributed by atoms with Gasteiger partial charge in [-0.05, 0) is 62.6 Å². The number of aryl methyl sites for hydroxylation is 3. The summed E-state index contributed by atoms with van der Waals surface area (Å²) in [6, 6.07) is 13.9. The molecule has 0 aliphatic heterocycles. The lowest BCUT2D eigenvalue weighted by Gasteiger charge is -2.07. The highest BCUT2D eigenvalue weighted by Gasteiger charge is 2.09. The number of nitrogens with zero attached hydrogens (tertiary/aromatic N) is 2. The highest BCUT2D eigenvalue weighted by Crippen LogP contribution is 2.17. The maximum absolute atomic E-state index is 13.6. The Balaban J connectivity index is 1.74. The lowest BCUT2D eigenvalue weighted by atomic mass is 10.0. The molecule has 0 atom stereocenters. The molecule has 0 N–H and O–H groups in total. The van der Waals surface area contributed by atoms with E-state index in [1.807, 2.05) is 48.9 Å². The molecular weight excluding hydrogens is 294 g/mol. The fourth-order valence-corrected chi connectivity index (χ4v) is 2.73. The van der Waals surface area contributed by atoms with Crippen LogP contribution in [0.25, 0.3) is 5.69 Å². The number of halogens is 2. The van der Waals surface area contributed by atoms with Gasteiger partial charge in [0.25, 0.3) is 0 Å². The summed E-state index contributed by atoms with van der Waals surface area (Å²) in [6.07, 6.45) is 0.938. The van der Waals surface area contributed by atoms with Gasteiger partial charge in [0.1, 0.15) is 11.6 Å². The van der Waals surface area contributed by atoms with Crippen molar-refractivity contribution in [3.8, 4) is 5.69 Å². The first-order chi connectivity index (χ1) is 11.0. The first-order valence-corrected chi connectivity index (χ1v) is 7.60. The minimum atomic E-state index is -0.482. The highest BCUT2D eigenvalue weighted by atomic mass is 19.1. The molecule has 3 rings (SSSR count). The van der Waals surface area contributed by atoms with Gasteiger partial charge in [-0.3, -0.25) is 0 Å². The highest BCUT2D eigenvalue weighted by molar-refractivity contribution is 5.36. The Hall–Kier alpha value is -2.49. The van der Waals surface area contributed by atoms with Crippen molar-refractivity contribution in [3.05, 3.63) is 82.7 Å². The molecule has 2 aromatic carbocycles. The maximum atomic E-state index is 13.6. The third-order valence-electron chi connectivity index (χ3n) is 3.92. The van der Waals surface area contributed by atoms with E-state index in [1.54, 1.807) is 0 Å². The van der Waals surface area contributed by atoms with Crippen LogP contribution >= 0.6 is 0 Å². The minimum Gasteiger partial charge on any atom is -0.238 e. The van der Waals surface area contributed by atoms with Gasteiger partial charge in [-0.2, -0.15) is 5.10 Å². The van der Waals surface area contributed by atoms with E-state index in [2.05, 4.69) is 5.10 Å². The van der Waals surface area contributed by atoms with Gasteiger partial charge < -0.3 is 0 Å². The van der Waals surface area contributed by atoms with Gasteiger partial charge in [0, 0.05) is 11.3 Å². The lowest BCUT2D eigenvalue weighted by molar-refractivity contribution is 0.554. The van der Waals surface area contributed by atoms with E-state index in [9.17, 15) is 8.78 Å². The van der Waals surface area contributed by atoms with Gasteiger partial charge in [-0.15, -0.1) is 0 Å². The zero-order valence-electron chi connectivity index (χ0n) is 13.2. The largest absolute Gasteiger partial charge is 0.238 e. The molecule has 23 heavy (non-hydrogen) atoms. The molecule has 0 saturated carbocycles. The second-order valence-corrected chi connectivity index (χ2v) is 5.71. The van der Waals surface area contributed by atoms with Crippen LogP contribution in [-0.2, 0) is 12.8 Å². The predicted octanol–water partition coefficient (Wildman–Crippen LogP) is 4.55. The Morgan fingerprint density at radius 1 is 0.913 bits per heavy atom. The number of rotatable bonds is 4. The molecule has 4 heteroatoms. The van der Waals surface area contributed by atoms with Gasteiger partial charge in [-0.25, -0.2) is 13.5 Å². The first-order valence-electron chi connectivity index (χ1n) is 7.60. The quantitative estimate of drug-likeness (QED) is 0.691. The summed E-state index contributed by atoms with van der Waals surface area (Å²) in [5.41, 5.74) is 4.22. The monoisotopic (exact) mass is 312 g/mol. The summed E-state index contributed by atoms with van der Waals surface area (Å²) in [4.78, 5) is 0. The fraction of sp³-hybridized carbons (Fsp3) is 0.211. The average molecular weight is 312 g/mol. The van der Waals surface area contributed by atoms with Crippen molar-refractivity contribution in [2.45, 2.75) is 26.7 Å². The molecule has 0 unspecified atom stereocenters.